The molecule has 0 aliphatic heterocycles. The summed E-state index contributed by atoms with van der Waals surface area (Å²) in [7, 11) is 1.73. The summed E-state index contributed by atoms with van der Waals surface area (Å²) in [5, 5.41) is 18.0. The number of amides is 1. The Bertz CT molecular complexity index is 821. The van der Waals surface area contributed by atoms with Gasteiger partial charge in [-0.3, -0.25) is 4.79 Å². The summed E-state index contributed by atoms with van der Waals surface area (Å²) < 4.78 is 5.66. The number of hydrogen-bond acceptors (Lipinski definition) is 6. The molecule has 7 heteroatoms. The average Bonchev–Trinajstić information content (AvgIpc) is 3.15. The van der Waals surface area contributed by atoms with Gasteiger partial charge in [0.25, 0.3) is 5.22 Å². The topological polar surface area (TPSA) is 83.0 Å². The van der Waals surface area contributed by atoms with Gasteiger partial charge in [-0.1, -0.05) is 48.7 Å². The summed E-state index contributed by atoms with van der Waals surface area (Å²) in [5.41, 5.74) is 1.30. The summed E-state index contributed by atoms with van der Waals surface area (Å²) in [6, 6.07) is 10.2. The summed E-state index contributed by atoms with van der Waals surface area (Å²) >= 11 is 1.21. The number of nitrogens with zero attached hydrogens (tertiary/aromatic N) is 4. The SMILES string of the molecule is Cc1cccc(-c2nnc(SCC(=O)N(C)C3(C#N)CCCCC3)o2)c1. The standard InChI is InChI=1S/C19H22N4O2S/c1-14-7-6-8-15(11-14)17-21-22-18(25-17)26-12-16(24)23(2)19(13-20)9-4-3-5-10-19/h6-8,11H,3-5,9-10,12H2,1-2H3. The molecule has 1 aliphatic carbocycles. The molecule has 0 N–H and O–H groups in total. The molecule has 3 rings (SSSR count). The molecule has 0 atom stereocenters. The number of benzene rings is 1. The summed E-state index contributed by atoms with van der Waals surface area (Å²) in [6.07, 6.45) is 4.59. The number of aromatic nitrogens is 2. The quantitative estimate of drug-likeness (QED) is 0.744. The first-order chi connectivity index (χ1) is 12.5. The molecule has 1 aliphatic rings. The van der Waals surface area contributed by atoms with Crippen LogP contribution in [0.2, 0.25) is 0 Å². The monoisotopic (exact) mass is 370 g/mol. The van der Waals surface area contributed by atoms with Crippen LogP contribution >= 0.6 is 11.8 Å². The number of carbonyl (C=O) groups is 1. The maximum atomic E-state index is 12.6. The molecule has 1 fully saturated rings. The Balaban J connectivity index is 1.62. The van der Waals surface area contributed by atoms with Gasteiger partial charge in [0, 0.05) is 12.6 Å². The Morgan fingerprint density at radius 3 is 2.81 bits per heavy atom. The lowest BCUT2D eigenvalue weighted by atomic mass is 9.81. The van der Waals surface area contributed by atoms with Gasteiger partial charge in [-0.2, -0.15) is 5.26 Å². The van der Waals surface area contributed by atoms with Crippen LogP contribution in [0.1, 0.15) is 37.7 Å². The molecule has 136 valence electrons. The summed E-state index contributed by atoms with van der Waals surface area (Å²) in [4.78, 5) is 14.2. The first kappa shape index (κ1) is 18.5. The van der Waals surface area contributed by atoms with Crippen molar-refractivity contribution in [2.75, 3.05) is 12.8 Å². The van der Waals surface area contributed by atoms with Crippen LogP contribution in [0.3, 0.4) is 0 Å². The molecular formula is C19H22N4O2S. The van der Waals surface area contributed by atoms with Crippen molar-refractivity contribution < 1.29 is 9.21 Å². The van der Waals surface area contributed by atoms with Gasteiger partial charge in [-0.05, 0) is 31.9 Å². The Morgan fingerprint density at radius 2 is 2.12 bits per heavy atom. The molecular weight excluding hydrogens is 348 g/mol. The molecule has 1 saturated carbocycles. The van der Waals surface area contributed by atoms with Gasteiger partial charge in [0.2, 0.25) is 11.8 Å². The van der Waals surface area contributed by atoms with E-state index in [0.29, 0.717) is 11.1 Å². The van der Waals surface area contributed by atoms with Crippen molar-refractivity contribution in [1.29, 1.82) is 5.26 Å². The van der Waals surface area contributed by atoms with E-state index in [1.54, 1.807) is 11.9 Å². The highest BCUT2D eigenvalue weighted by molar-refractivity contribution is 7.99. The Morgan fingerprint density at radius 1 is 1.35 bits per heavy atom. The van der Waals surface area contributed by atoms with E-state index in [2.05, 4.69) is 16.3 Å². The van der Waals surface area contributed by atoms with Crippen molar-refractivity contribution in [2.24, 2.45) is 0 Å². The molecule has 1 aromatic carbocycles. The number of nitriles is 1. The zero-order valence-corrected chi connectivity index (χ0v) is 15.9. The van der Waals surface area contributed by atoms with Crippen molar-refractivity contribution in [1.82, 2.24) is 15.1 Å². The third-order valence-corrected chi connectivity index (χ3v) is 5.70. The van der Waals surface area contributed by atoms with E-state index in [4.69, 9.17) is 4.42 Å². The maximum absolute atomic E-state index is 12.6. The van der Waals surface area contributed by atoms with Gasteiger partial charge in [-0.25, -0.2) is 0 Å². The van der Waals surface area contributed by atoms with Gasteiger partial charge < -0.3 is 9.32 Å². The van der Waals surface area contributed by atoms with Crippen LogP contribution in [0, 0.1) is 18.3 Å². The van der Waals surface area contributed by atoms with E-state index in [1.807, 2.05) is 31.2 Å². The van der Waals surface area contributed by atoms with E-state index in [9.17, 15) is 10.1 Å². The van der Waals surface area contributed by atoms with Crippen LogP contribution in [0.4, 0.5) is 0 Å². The number of hydrogen-bond donors (Lipinski definition) is 0. The molecule has 6 nitrogen and oxygen atoms in total. The van der Waals surface area contributed by atoms with Crippen molar-refractivity contribution in [3.63, 3.8) is 0 Å². The van der Waals surface area contributed by atoms with Gasteiger partial charge in [0.05, 0.1) is 11.8 Å². The lowest BCUT2D eigenvalue weighted by molar-refractivity contribution is -0.131. The summed E-state index contributed by atoms with van der Waals surface area (Å²) in [5.74, 6) is 0.529. The Hall–Kier alpha value is -2.33. The molecule has 0 saturated heterocycles. The highest BCUT2D eigenvalue weighted by Gasteiger charge is 2.38. The molecule has 1 aromatic heterocycles. The molecule has 0 spiro atoms. The van der Waals surface area contributed by atoms with E-state index < -0.39 is 5.54 Å². The fourth-order valence-corrected chi connectivity index (χ4v) is 3.96. The van der Waals surface area contributed by atoms with Crippen LogP contribution in [0.5, 0.6) is 0 Å². The van der Waals surface area contributed by atoms with E-state index >= 15 is 0 Å². The van der Waals surface area contributed by atoms with Crippen LogP contribution < -0.4 is 0 Å². The first-order valence-electron chi connectivity index (χ1n) is 8.75. The second kappa shape index (κ2) is 7.92. The minimum atomic E-state index is -0.669. The Labute approximate surface area is 157 Å². The lowest BCUT2D eigenvalue weighted by Gasteiger charge is -2.38. The Kier molecular flexibility index (Phi) is 5.62. The molecule has 26 heavy (non-hydrogen) atoms. The third-order valence-electron chi connectivity index (χ3n) is 4.90. The van der Waals surface area contributed by atoms with Crippen molar-refractivity contribution in [3.05, 3.63) is 29.8 Å². The highest BCUT2D eigenvalue weighted by Crippen LogP contribution is 2.33. The predicted molar refractivity (Wildman–Crippen MR) is 99.4 cm³/mol. The normalized spacial score (nSPS) is 16.0. The van der Waals surface area contributed by atoms with E-state index in [-0.39, 0.29) is 11.7 Å². The van der Waals surface area contributed by atoms with Gasteiger partial charge in [0.1, 0.15) is 5.54 Å². The highest BCUT2D eigenvalue weighted by atomic mass is 32.2. The van der Waals surface area contributed by atoms with E-state index in [1.165, 1.54) is 11.8 Å². The van der Waals surface area contributed by atoms with Crippen LogP contribution in [0.25, 0.3) is 11.5 Å². The smallest absolute Gasteiger partial charge is 0.277 e. The second-order valence-electron chi connectivity index (χ2n) is 6.69. The van der Waals surface area contributed by atoms with Crippen LogP contribution in [-0.4, -0.2) is 39.3 Å². The average molecular weight is 370 g/mol. The molecule has 0 radical (unpaired) electrons. The largest absolute Gasteiger partial charge is 0.411 e. The zero-order valence-electron chi connectivity index (χ0n) is 15.1. The third kappa shape index (κ3) is 3.91. The van der Waals surface area contributed by atoms with Gasteiger partial charge in [-0.15, -0.1) is 10.2 Å². The van der Waals surface area contributed by atoms with Crippen LogP contribution in [-0.2, 0) is 4.79 Å². The number of rotatable bonds is 5. The minimum Gasteiger partial charge on any atom is -0.411 e. The zero-order chi connectivity index (χ0) is 18.6. The van der Waals surface area contributed by atoms with Gasteiger partial charge >= 0.3 is 0 Å². The van der Waals surface area contributed by atoms with Gasteiger partial charge in [0.15, 0.2) is 0 Å². The molecule has 0 bridgehead atoms. The molecule has 0 unspecified atom stereocenters. The van der Waals surface area contributed by atoms with Crippen LogP contribution in [0.15, 0.2) is 33.9 Å². The number of aryl methyl sites for hydroxylation is 1. The first-order valence-corrected chi connectivity index (χ1v) is 9.74. The molecule has 2 aromatic rings. The molecule has 1 amide bonds. The van der Waals surface area contributed by atoms with Crippen molar-refractivity contribution in [3.8, 4) is 17.5 Å². The summed E-state index contributed by atoms with van der Waals surface area (Å²) in [6.45, 7) is 2.00. The maximum Gasteiger partial charge on any atom is 0.277 e. The second-order valence-corrected chi connectivity index (χ2v) is 7.61. The lowest BCUT2D eigenvalue weighted by Crippen LogP contribution is -2.50. The number of carbonyl (C=O) groups excluding carboxylic acids is 1. The fraction of sp³-hybridized carbons (Fsp3) is 0.474. The fourth-order valence-electron chi connectivity index (χ4n) is 3.28. The number of thioether (sulfide) groups is 1. The van der Waals surface area contributed by atoms with Crippen molar-refractivity contribution >= 4 is 17.7 Å². The predicted octanol–water partition coefficient (Wildman–Crippen LogP) is 3.82. The van der Waals surface area contributed by atoms with E-state index in [0.717, 1.165) is 43.2 Å². The minimum absolute atomic E-state index is 0.0891. The molecule has 1 heterocycles. The van der Waals surface area contributed by atoms with Crippen molar-refractivity contribution in [2.45, 2.75) is 49.8 Å².